The Morgan fingerprint density at radius 2 is 1.61 bits per heavy atom. The second-order valence-electron chi connectivity index (χ2n) is 10.4. The predicted octanol–water partition coefficient (Wildman–Crippen LogP) is 2.50. The van der Waals surface area contributed by atoms with Crippen molar-refractivity contribution >= 4 is 28.7 Å². The van der Waals surface area contributed by atoms with Crippen LogP contribution in [-0.4, -0.2) is 75.6 Å². The van der Waals surface area contributed by atoms with Gasteiger partial charge >= 0.3 is 11.9 Å². The van der Waals surface area contributed by atoms with Crippen LogP contribution in [0.2, 0.25) is 0 Å². The van der Waals surface area contributed by atoms with E-state index < -0.39 is 24.0 Å². The van der Waals surface area contributed by atoms with E-state index in [1.165, 1.54) is 30.0 Å². The van der Waals surface area contributed by atoms with E-state index in [0.29, 0.717) is 13.0 Å². The Labute approximate surface area is 236 Å². The topological polar surface area (TPSA) is 129 Å². The van der Waals surface area contributed by atoms with Crippen LogP contribution in [0.5, 0.6) is 0 Å². The molecule has 0 spiro atoms. The third kappa shape index (κ3) is 5.04. The van der Waals surface area contributed by atoms with Crippen LogP contribution in [0.1, 0.15) is 50.3 Å². The molecule has 1 amide bonds. The lowest BCUT2D eigenvalue weighted by Gasteiger charge is -2.29. The molecule has 0 unspecified atom stereocenters. The second kappa shape index (κ2) is 11.1. The van der Waals surface area contributed by atoms with Crippen molar-refractivity contribution in [2.24, 2.45) is 0 Å². The molecule has 2 aliphatic rings. The van der Waals surface area contributed by atoms with E-state index in [-0.39, 0.29) is 29.9 Å². The molecule has 41 heavy (non-hydrogen) atoms. The van der Waals surface area contributed by atoms with Gasteiger partial charge in [0.2, 0.25) is 11.6 Å². The van der Waals surface area contributed by atoms with Crippen LogP contribution in [0.3, 0.4) is 0 Å². The van der Waals surface area contributed by atoms with E-state index in [1.54, 1.807) is 0 Å². The third-order valence-electron chi connectivity index (χ3n) is 8.02. The minimum Gasteiger partial charge on any atom is -0.464 e. The summed E-state index contributed by atoms with van der Waals surface area (Å²) in [5.41, 5.74) is 3.87. The molecule has 2 aromatic carbocycles. The van der Waals surface area contributed by atoms with Crippen molar-refractivity contribution in [1.29, 1.82) is 0 Å². The van der Waals surface area contributed by atoms with Crippen molar-refractivity contribution in [1.82, 2.24) is 30.2 Å². The first-order chi connectivity index (χ1) is 20.0. The number of rotatable bonds is 7. The normalized spacial score (nSPS) is 18.8. The van der Waals surface area contributed by atoms with Crippen molar-refractivity contribution in [3.63, 3.8) is 0 Å². The van der Waals surface area contributed by atoms with Gasteiger partial charge in [-0.2, -0.15) is 0 Å². The SMILES string of the molecule is COC(=O)c1nnn([C@H]2C[C@@H](C(=O)NCc3ccc4ccccc4n3)N(C3Cc4ccccc4C3)C2)c1C(=O)OC. The standard InChI is InChI=1S/C30H30N6O5/c1-40-29(38)26-27(30(39)41-2)36(34-33-26)23-15-25(35(17-23)22-13-19-8-3-4-9-20(19)14-22)28(37)31-16-21-12-11-18-7-5-6-10-24(18)32-21/h3-12,22-23,25H,13-17H2,1-2H3,(H,31,37)/t23-,25-/m0/s1. The quantitative estimate of drug-likeness (QED) is 0.343. The highest BCUT2D eigenvalue weighted by molar-refractivity contribution is 6.00. The van der Waals surface area contributed by atoms with Crippen LogP contribution in [0.4, 0.5) is 0 Å². The van der Waals surface area contributed by atoms with Gasteiger partial charge in [0.05, 0.1) is 44.1 Å². The summed E-state index contributed by atoms with van der Waals surface area (Å²) < 4.78 is 11.2. The summed E-state index contributed by atoms with van der Waals surface area (Å²) >= 11 is 0. The fourth-order valence-corrected chi connectivity index (χ4v) is 6.02. The van der Waals surface area contributed by atoms with Crippen LogP contribution < -0.4 is 5.32 Å². The van der Waals surface area contributed by atoms with Gasteiger partial charge in [0, 0.05) is 18.0 Å². The molecular formula is C30H30N6O5. The Balaban J connectivity index is 1.27. The number of methoxy groups -OCH3 is 2. The lowest BCUT2D eigenvalue weighted by Crippen LogP contribution is -2.48. The van der Waals surface area contributed by atoms with Crippen molar-refractivity contribution < 1.29 is 23.9 Å². The second-order valence-corrected chi connectivity index (χ2v) is 10.4. The van der Waals surface area contributed by atoms with E-state index in [0.717, 1.165) is 29.4 Å². The third-order valence-corrected chi connectivity index (χ3v) is 8.02. The van der Waals surface area contributed by atoms with Crippen LogP contribution in [0, 0.1) is 0 Å². The van der Waals surface area contributed by atoms with Gasteiger partial charge in [0.1, 0.15) is 0 Å². The van der Waals surface area contributed by atoms with E-state index >= 15 is 0 Å². The Bertz CT molecular complexity index is 1610. The van der Waals surface area contributed by atoms with Crippen molar-refractivity contribution in [2.45, 2.75) is 43.9 Å². The fraction of sp³-hybridized carbons (Fsp3) is 0.333. The smallest absolute Gasteiger partial charge is 0.361 e. The predicted molar refractivity (Wildman–Crippen MR) is 148 cm³/mol. The first kappa shape index (κ1) is 26.6. The number of pyridine rings is 1. The largest absolute Gasteiger partial charge is 0.464 e. The summed E-state index contributed by atoms with van der Waals surface area (Å²) in [5, 5.41) is 12.2. The van der Waals surface area contributed by atoms with Gasteiger partial charge in [-0.25, -0.2) is 14.3 Å². The fourth-order valence-electron chi connectivity index (χ4n) is 6.02. The summed E-state index contributed by atoms with van der Waals surface area (Å²) in [6, 6.07) is 19.3. The Hall–Kier alpha value is -4.64. The number of amides is 1. The number of aromatic nitrogens is 4. The number of ether oxygens (including phenoxy) is 2. The summed E-state index contributed by atoms with van der Waals surface area (Å²) in [6.07, 6.45) is 2.00. The molecule has 210 valence electrons. The van der Waals surface area contributed by atoms with E-state index in [1.807, 2.05) is 48.5 Å². The zero-order chi connectivity index (χ0) is 28.5. The summed E-state index contributed by atoms with van der Waals surface area (Å²) in [5.74, 6) is -1.66. The molecule has 11 heteroatoms. The van der Waals surface area contributed by atoms with Gasteiger partial charge in [-0.1, -0.05) is 53.7 Å². The molecule has 0 saturated carbocycles. The van der Waals surface area contributed by atoms with Gasteiger partial charge in [-0.3, -0.25) is 14.7 Å². The highest BCUT2D eigenvalue weighted by atomic mass is 16.5. The molecule has 2 aromatic heterocycles. The van der Waals surface area contributed by atoms with Crippen LogP contribution in [-0.2, 0) is 33.7 Å². The van der Waals surface area contributed by atoms with E-state index in [2.05, 4.69) is 37.6 Å². The molecule has 3 heterocycles. The number of para-hydroxylation sites is 1. The molecule has 1 N–H and O–H groups in total. The van der Waals surface area contributed by atoms with E-state index in [9.17, 15) is 14.4 Å². The molecule has 2 atom stereocenters. The first-order valence-corrected chi connectivity index (χ1v) is 13.5. The molecule has 1 fully saturated rings. The van der Waals surface area contributed by atoms with Gasteiger partial charge in [0.15, 0.2) is 5.69 Å². The zero-order valence-electron chi connectivity index (χ0n) is 22.8. The number of carbonyl (C=O) groups excluding carboxylic acids is 3. The average molecular weight is 555 g/mol. The van der Waals surface area contributed by atoms with Crippen molar-refractivity contribution in [3.05, 3.63) is 88.9 Å². The number of carbonyl (C=O) groups is 3. The highest BCUT2D eigenvalue weighted by Crippen LogP contribution is 2.35. The molecular weight excluding hydrogens is 524 g/mol. The number of esters is 2. The van der Waals surface area contributed by atoms with Gasteiger partial charge < -0.3 is 14.8 Å². The number of likely N-dealkylation sites (tertiary alicyclic amines) is 1. The molecule has 11 nitrogen and oxygen atoms in total. The summed E-state index contributed by atoms with van der Waals surface area (Å²) in [7, 11) is 2.44. The maximum absolute atomic E-state index is 13.7. The molecule has 6 rings (SSSR count). The number of hydrogen-bond acceptors (Lipinski definition) is 9. The Kier molecular flexibility index (Phi) is 7.19. The number of nitrogens with one attached hydrogen (secondary N) is 1. The number of hydrogen-bond donors (Lipinski definition) is 1. The highest BCUT2D eigenvalue weighted by Gasteiger charge is 2.44. The molecule has 1 saturated heterocycles. The Morgan fingerprint density at radius 1 is 0.902 bits per heavy atom. The lowest BCUT2D eigenvalue weighted by atomic mass is 10.1. The van der Waals surface area contributed by atoms with Crippen molar-refractivity contribution in [3.8, 4) is 0 Å². The van der Waals surface area contributed by atoms with Gasteiger partial charge in [0.25, 0.3) is 0 Å². The van der Waals surface area contributed by atoms with Gasteiger partial charge in [-0.15, -0.1) is 5.10 Å². The monoisotopic (exact) mass is 554 g/mol. The summed E-state index contributed by atoms with van der Waals surface area (Å²) in [6.45, 7) is 0.728. The molecule has 0 bridgehead atoms. The first-order valence-electron chi connectivity index (χ1n) is 13.5. The lowest BCUT2D eigenvalue weighted by molar-refractivity contribution is -0.126. The maximum Gasteiger partial charge on any atom is 0.361 e. The number of benzene rings is 2. The van der Waals surface area contributed by atoms with E-state index in [4.69, 9.17) is 9.47 Å². The number of fused-ring (bicyclic) bond motifs is 2. The van der Waals surface area contributed by atoms with Crippen molar-refractivity contribution in [2.75, 3.05) is 20.8 Å². The maximum atomic E-state index is 13.7. The molecule has 1 aliphatic heterocycles. The van der Waals surface area contributed by atoms with Crippen LogP contribution >= 0.6 is 0 Å². The molecule has 4 aromatic rings. The van der Waals surface area contributed by atoms with Crippen LogP contribution in [0.25, 0.3) is 10.9 Å². The minimum absolute atomic E-state index is 0.0829. The number of nitrogens with zero attached hydrogens (tertiary/aromatic N) is 5. The average Bonchev–Trinajstić information content (AvgIpc) is 3.75. The zero-order valence-corrected chi connectivity index (χ0v) is 22.8. The summed E-state index contributed by atoms with van der Waals surface area (Å²) in [4.78, 5) is 45.7. The molecule has 0 radical (unpaired) electrons. The molecule has 1 aliphatic carbocycles. The Morgan fingerprint density at radius 3 is 2.34 bits per heavy atom. The minimum atomic E-state index is -0.782. The van der Waals surface area contributed by atoms with Gasteiger partial charge in [-0.05, 0) is 42.5 Å². The van der Waals surface area contributed by atoms with Crippen LogP contribution in [0.15, 0.2) is 60.7 Å².